The maximum Gasteiger partial charge on any atom is 0.186 e. The third kappa shape index (κ3) is 2.75. The largest absolute Gasteiger partial charge is 0.347 e. The van der Waals surface area contributed by atoms with Crippen LogP contribution in [0.25, 0.3) is 0 Å². The number of benzene rings is 1. The fraction of sp³-hybridized carbons (Fsp3) is 0.375. The van der Waals surface area contributed by atoms with E-state index >= 15 is 0 Å². The third-order valence-corrected chi connectivity index (χ3v) is 4.68. The first-order valence-electron chi connectivity index (χ1n) is 6.90. The highest BCUT2D eigenvalue weighted by atomic mass is 32.1. The molecule has 1 heterocycles. The second-order valence-electron chi connectivity index (χ2n) is 5.48. The lowest BCUT2D eigenvalue weighted by molar-refractivity contribution is 0.112. The molecule has 2 aromatic rings. The summed E-state index contributed by atoms with van der Waals surface area (Å²) in [5.74, 6) is 0.521. The number of hydrogen-bond donors (Lipinski definition) is 0. The van der Waals surface area contributed by atoms with Gasteiger partial charge < -0.3 is 4.90 Å². The van der Waals surface area contributed by atoms with Gasteiger partial charge in [-0.1, -0.05) is 41.2 Å². The lowest BCUT2D eigenvalue weighted by Gasteiger charge is -2.16. The number of carbonyl (C=O) groups excluding carboxylic acids is 1. The van der Waals surface area contributed by atoms with Crippen molar-refractivity contribution in [3.8, 4) is 0 Å². The Kier molecular flexibility index (Phi) is 3.57. The highest BCUT2D eigenvalue weighted by molar-refractivity contribution is 7.17. The van der Waals surface area contributed by atoms with Crippen molar-refractivity contribution in [2.45, 2.75) is 32.2 Å². The molecule has 1 aliphatic carbocycles. The van der Waals surface area contributed by atoms with Gasteiger partial charge in [-0.3, -0.25) is 4.79 Å². The van der Waals surface area contributed by atoms with Gasteiger partial charge in [0.25, 0.3) is 0 Å². The quantitative estimate of drug-likeness (QED) is 0.784. The molecule has 1 saturated carbocycles. The average molecular weight is 286 g/mol. The van der Waals surface area contributed by atoms with E-state index in [-0.39, 0.29) is 0 Å². The summed E-state index contributed by atoms with van der Waals surface area (Å²) in [6.07, 6.45) is 3.30. The molecular formula is C16H18N2OS. The van der Waals surface area contributed by atoms with Crippen LogP contribution in [0.1, 0.15) is 45.3 Å². The summed E-state index contributed by atoms with van der Waals surface area (Å²) >= 11 is 1.51. The number of nitrogens with zero attached hydrogens (tertiary/aromatic N) is 2. The van der Waals surface area contributed by atoms with Crippen LogP contribution in [0.5, 0.6) is 0 Å². The van der Waals surface area contributed by atoms with Crippen molar-refractivity contribution in [2.24, 2.45) is 0 Å². The monoisotopic (exact) mass is 286 g/mol. The summed E-state index contributed by atoms with van der Waals surface area (Å²) in [6.45, 7) is 2.92. The number of aromatic nitrogens is 1. The van der Waals surface area contributed by atoms with Gasteiger partial charge >= 0.3 is 0 Å². The molecule has 3 rings (SSSR count). The second kappa shape index (κ2) is 5.37. The zero-order chi connectivity index (χ0) is 14.1. The minimum atomic E-state index is 0.521. The molecule has 0 atom stereocenters. The van der Waals surface area contributed by atoms with Gasteiger partial charge in [0.2, 0.25) is 0 Å². The Morgan fingerprint density at radius 1 is 1.45 bits per heavy atom. The van der Waals surface area contributed by atoms with Crippen LogP contribution >= 0.6 is 11.3 Å². The van der Waals surface area contributed by atoms with E-state index in [4.69, 9.17) is 0 Å². The SMILES string of the molecule is Cc1cccc(CN(C)c2nc(C3CC3)c(C=O)s2)c1. The van der Waals surface area contributed by atoms with E-state index in [0.29, 0.717) is 5.92 Å². The fourth-order valence-corrected chi connectivity index (χ4v) is 3.31. The summed E-state index contributed by atoms with van der Waals surface area (Å²) in [5.41, 5.74) is 3.54. The average Bonchev–Trinajstić information content (AvgIpc) is 3.17. The number of thiazole rings is 1. The molecule has 0 bridgehead atoms. The molecule has 3 nitrogen and oxygen atoms in total. The van der Waals surface area contributed by atoms with E-state index in [1.807, 2.05) is 7.05 Å². The zero-order valence-electron chi connectivity index (χ0n) is 11.8. The van der Waals surface area contributed by atoms with Crippen LogP contribution in [0.15, 0.2) is 24.3 Å². The Hall–Kier alpha value is -1.68. The van der Waals surface area contributed by atoms with E-state index < -0.39 is 0 Å². The minimum absolute atomic E-state index is 0.521. The molecule has 0 amide bonds. The normalized spacial score (nSPS) is 14.3. The lowest BCUT2D eigenvalue weighted by Crippen LogP contribution is -2.16. The van der Waals surface area contributed by atoms with E-state index in [1.54, 1.807) is 0 Å². The van der Waals surface area contributed by atoms with Gasteiger partial charge in [-0.15, -0.1) is 0 Å². The predicted molar refractivity (Wildman–Crippen MR) is 82.8 cm³/mol. The van der Waals surface area contributed by atoms with Gasteiger partial charge in [-0.05, 0) is 25.3 Å². The Morgan fingerprint density at radius 3 is 2.90 bits per heavy atom. The Labute approximate surface area is 123 Å². The molecule has 1 aromatic heterocycles. The van der Waals surface area contributed by atoms with Gasteiger partial charge in [-0.2, -0.15) is 0 Å². The summed E-state index contributed by atoms with van der Waals surface area (Å²) in [6, 6.07) is 8.49. The molecule has 104 valence electrons. The van der Waals surface area contributed by atoms with Crippen molar-refractivity contribution in [1.82, 2.24) is 4.98 Å². The van der Waals surface area contributed by atoms with Crippen LogP contribution in [0, 0.1) is 6.92 Å². The molecule has 4 heteroatoms. The molecule has 0 radical (unpaired) electrons. The first kappa shape index (κ1) is 13.3. The maximum atomic E-state index is 11.2. The Morgan fingerprint density at radius 2 is 2.25 bits per heavy atom. The Balaban J connectivity index is 1.79. The molecule has 0 N–H and O–H groups in total. The molecule has 0 saturated heterocycles. The number of carbonyl (C=O) groups is 1. The third-order valence-electron chi connectivity index (χ3n) is 3.57. The molecule has 1 fully saturated rings. The maximum absolute atomic E-state index is 11.2. The highest BCUT2D eigenvalue weighted by Crippen LogP contribution is 2.43. The molecule has 0 aliphatic heterocycles. The van der Waals surface area contributed by atoms with Crippen LogP contribution in [0.3, 0.4) is 0 Å². The van der Waals surface area contributed by atoms with E-state index in [1.165, 1.54) is 35.3 Å². The molecule has 0 unspecified atom stereocenters. The van der Waals surface area contributed by atoms with Crippen molar-refractivity contribution < 1.29 is 4.79 Å². The zero-order valence-corrected chi connectivity index (χ0v) is 12.6. The smallest absolute Gasteiger partial charge is 0.186 e. The highest BCUT2D eigenvalue weighted by Gasteiger charge is 2.30. The van der Waals surface area contributed by atoms with Crippen molar-refractivity contribution in [3.05, 3.63) is 46.0 Å². The first-order valence-corrected chi connectivity index (χ1v) is 7.71. The van der Waals surface area contributed by atoms with Gasteiger partial charge in [0, 0.05) is 19.5 Å². The minimum Gasteiger partial charge on any atom is -0.347 e. The fourth-order valence-electron chi connectivity index (χ4n) is 2.38. The summed E-state index contributed by atoms with van der Waals surface area (Å²) in [4.78, 5) is 18.8. The van der Waals surface area contributed by atoms with Gasteiger partial charge in [0.05, 0.1) is 10.6 Å². The van der Waals surface area contributed by atoms with Crippen molar-refractivity contribution in [2.75, 3.05) is 11.9 Å². The van der Waals surface area contributed by atoms with Crippen molar-refractivity contribution >= 4 is 22.8 Å². The van der Waals surface area contributed by atoms with Gasteiger partial charge in [0.1, 0.15) is 0 Å². The van der Waals surface area contributed by atoms with Crippen molar-refractivity contribution in [1.29, 1.82) is 0 Å². The number of hydrogen-bond acceptors (Lipinski definition) is 4. The van der Waals surface area contributed by atoms with Crippen LogP contribution in [0.2, 0.25) is 0 Å². The summed E-state index contributed by atoms with van der Waals surface area (Å²) < 4.78 is 0. The van der Waals surface area contributed by atoms with Gasteiger partial charge in [0.15, 0.2) is 11.4 Å². The summed E-state index contributed by atoms with van der Waals surface area (Å²) in [7, 11) is 2.03. The number of aryl methyl sites for hydroxylation is 1. The molecular weight excluding hydrogens is 268 g/mol. The standard InChI is InChI=1S/C16H18N2OS/c1-11-4-3-5-12(8-11)9-18(2)16-17-15(13-6-7-13)14(10-19)20-16/h3-5,8,10,13H,6-7,9H2,1-2H3. The van der Waals surface area contributed by atoms with Gasteiger partial charge in [-0.25, -0.2) is 4.98 Å². The van der Waals surface area contributed by atoms with E-state index in [9.17, 15) is 4.79 Å². The summed E-state index contributed by atoms with van der Waals surface area (Å²) in [5, 5.41) is 0.940. The van der Waals surface area contributed by atoms with Crippen LogP contribution < -0.4 is 4.90 Å². The number of anilines is 1. The number of rotatable bonds is 5. The number of aldehydes is 1. The molecule has 0 spiro atoms. The van der Waals surface area contributed by atoms with Crippen molar-refractivity contribution in [3.63, 3.8) is 0 Å². The van der Waals surface area contributed by atoms with Crippen LogP contribution in [-0.2, 0) is 6.54 Å². The van der Waals surface area contributed by atoms with Crippen LogP contribution in [0.4, 0.5) is 5.13 Å². The first-order chi connectivity index (χ1) is 9.67. The molecule has 20 heavy (non-hydrogen) atoms. The van der Waals surface area contributed by atoms with E-state index in [2.05, 4.69) is 41.1 Å². The Bertz CT molecular complexity index is 631. The topological polar surface area (TPSA) is 33.2 Å². The molecule has 1 aliphatic rings. The second-order valence-corrected chi connectivity index (χ2v) is 6.49. The van der Waals surface area contributed by atoms with Crippen LogP contribution in [-0.4, -0.2) is 18.3 Å². The predicted octanol–water partition coefficient (Wildman–Crippen LogP) is 3.78. The lowest BCUT2D eigenvalue weighted by atomic mass is 10.1. The molecule has 1 aromatic carbocycles. The van der Waals surface area contributed by atoms with E-state index in [0.717, 1.165) is 28.5 Å².